The Bertz CT molecular complexity index is 512. The molecule has 1 nitrogen and oxygen atoms in total. The number of hydrogen-bond donors (Lipinski definition) is 0. The molecule has 0 amide bonds. The molecule has 0 aromatic heterocycles. The third-order valence-electron chi connectivity index (χ3n) is 4.37. The van der Waals surface area contributed by atoms with E-state index < -0.39 is 0 Å². The lowest BCUT2D eigenvalue weighted by Gasteiger charge is -2.48. The molecule has 0 radical (unpaired) electrons. The second kappa shape index (κ2) is 2.79. The summed E-state index contributed by atoms with van der Waals surface area (Å²) >= 11 is 0. The Morgan fingerprint density at radius 3 is 2.44 bits per heavy atom. The third kappa shape index (κ3) is 0.835. The number of hydrogen-bond acceptors (Lipinski definition) is 1. The second-order valence-corrected chi connectivity index (χ2v) is 4.94. The van der Waals surface area contributed by atoms with Gasteiger partial charge in [-0.05, 0) is 23.5 Å². The van der Waals surface area contributed by atoms with E-state index >= 15 is 0 Å². The zero-order chi connectivity index (χ0) is 10.7. The first-order chi connectivity index (χ1) is 7.90. The number of rotatable bonds is 1. The maximum absolute atomic E-state index is 5.51. The van der Waals surface area contributed by atoms with Crippen LogP contribution in [0.3, 0.4) is 0 Å². The normalized spacial score (nSPS) is 36.6. The fourth-order valence-corrected chi connectivity index (χ4v) is 3.57. The Balaban J connectivity index is 1.97. The van der Waals surface area contributed by atoms with E-state index in [-0.39, 0.29) is 0 Å². The van der Waals surface area contributed by atoms with Crippen LogP contribution in [0.5, 0.6) is 5.75 Å². The van der Waals surface area contributed by atoms with Crippen molar-refractivity contribution in [3.05, 3.63) is 53.6 Å². The van der Waals surface area contributed by atoms with Gasteiger partial charge in [-0.1, -0.05) is 36.4 Å². The van der Waals surface area contributed by atoms with Gasteiger partial charge < -0.3 is 4.74 Å². The maximum atomic E-state index is 5.51. The van der Waals surface area contributed by atoms with Crippen LogP contribution < -0.4 is 4.74 Å². The minimum absolute atomic E-state index is 0.547. The molecule has 0 spiro atoms. The molecular weight excluding hydrogens is 196 g/mol. The van der Waals surface area contributed by atoms with E-state index in [4.69, 9.17) is 4.74 Å². The van der Waals surface area contributed by atoms with Gasteiger partial charge in [-0.3, -0.25) is 0 Å². The van der Waals surface area contributed by atoms with Gasteiger partial charge in [-0.25, -0.2) is 0 Å². The van der Waals surface area contributed by atoms with Crippen molar-refractivity contribution in [2.24, 2.45) is 11.8 Å². The summed E-state index contributed by atoms with van der Waals surface area (Å²) in [5, 5.41) is 0. The van der Waals surface area contributed by atoms with E-state index in [2.05, 4.69) is 42.5 Å². The van der Waals surface area contributed by atoms with Gasteiger partial charge in [0.2, 0.25) is 0 Å². The average Bonchev–Trinajstić information content (AvgIpc) is 2.28. The molecule has 4 aliphatic carbocycles. The van der Waals surface area contributed by atoms with Crippen LogP contribution in [-0.2, 0) is 0 Å². The first-order valence-corrected chi connectivity index (χ1v) is 5.93. The van der Waals surface area contributed by atoms with Crippen LogP contribution in [0.2, 0.25) is 0 Å². The molecule has 0 unspecified atom stereocenters. The smallest absolute Gasteiger partial charge is 0.122 e. The summed E-state index contributed by atoms with van der Waals surface area (Å²) in [6, 6.07) is 6.47. The van der Waals surface area contributed by atoms with Crippen molar-refractivity contribution in [2.75, 3.05) is 7.11 Å². The zero-order valence-corrected chi connectivity index (χ0v) is 9.26. The first-order valence-electron chi connectivity index (χ1n) is 5.93. The van der Waals surface area contributed by atoms with Crippen molar-refractivity contribution in [3.8, 4) is 5.75 Å². The maximum Gasteiger partial charge on any atom is 0.122 e. The van der Waals surface area contributed by atoms with Crippen LogP contribution in [0.15, 0.2) is 42.5 Å². The van der Waals surface area contributed by atoms with Crippen LogP contribution in [0.4, 0.5) is 0 Å². The van der Waals surface area contributed by atoms with Crippen LogP contribution in [0.25, 0.3) is 0 Å². The quantitative estimate of drug-likeness (QED) is 0.646. The summed E-state index contributed by atoms with van der Waals surface area (Å²) in [6.45, 7) is 0. The van der Waals surface area contributed by atoms with Crippen molar-refractivity contribution in [3.63, 3.8) is 0 Å². The predicted molar refractivity (Wildman–Crippen MR) is 63.7 cm³/mol. The molecule has 0 heterocycles. The molecule has 0 saturated heterocycles. The lowest BCUT2D eigenvalue weighted by atomic mass is 9.55. The largest absolute Gasteiger partial charge is 0.496 e. The molecule has 0 fully saturated rings. The summed E-state index contributed by atoms with van der Waals surface area (Å²) in [4.78, 5) is 0. The number of benzene rings is 1. The summed E-state index contributed by atoms with van der Waals surface area (Å²) in [5.74, 6) is 3.67. The minimum Gasteiger partial charge on any atom is -0.496 e. The molecule has 2 bridgehead atoms. The highest BCUT2D eigenvalue weighted by Crippen LogP contribution is 2.58. The van der Waals surface area contributed by atoms with Gasteiger partial charge in [0.05, 0.1) is 7.11 Å². The highest BCUT2D eigenvalue weighted by Gasteiger charge is 2.46. The lowest BCUT2D eigenvalue weighted by Crippen LogP contribution is -2.37. The van der Waals surface area contributed by atoms with E-state index in [9.17, 15) is 0 Å². The molecule has 4 atom stereocenters. The highest BCUT2D eigenvalue weighted by atomic mass is 16.5. The van der Waals surface area contributed by atoms with Gasteiger partial charge in [0.1, 0.15) is 5.75 Å². The van der Waals surface area contributed by atoms with Crippen molar-refractivity contribution < 1.29 is 4.74 Å². The van der Waals surface area contributed by atoms with Crippen molar-refractivity contribution in [1.82, 2.24) is 0 Å². The van der Waals surface area contributed by atoms with Crippen LogP contribution in [-0.4, -0.2) is 7.11 Å². The van der Waals surface area contributed by atoms with Crippen LogP contribution in [0.1, 0.15) is 23.0 Å². The molecule has 80 valence electrons. The molecule has 16 heavy (non-hydrogen) atoms. The van der Waals surface area contributed by atoms with Gasteiger partial charge >= 0.3 is 0 Å². The van der Waals surface area contributed by atoms with Gasteiger partial charge in [0.25, 0.3) is 0 Å². The number of ether oxygens (including phenoxy) is 1. The van der Waals surface area contributed by atoms with Crippen molar-refractivity contribution in [2.45, 2.75) is 11.8 Å². The summed E-state index contributed by atoms with van der Waals surface area (Å²) in [5.41, 5.74) is 2.92. The number of methoxy groups -OCH3 is 1. The van der Waals surface area contributed by atoms with E-state index in [0.717, 1.165) is 17.6 Å². The fourth-order valence-electron chi connectivity index (χ4n) is 3.57. The van der Waals surface area contributed by atoms with Crippen molar-refractivity contribution in [1.29, 1.82) is 0 Å². The predicted octanol–water partition coefficient (Wildman–Crippen LogP) is 3.25. The Morgan fingerprint density at radius 2 is 1.69 bits per heavy atom. The highest BCUT2D eigenvalue weighted by molar-refractivity contribution is 5.56. The summed E-state index contributed by atoms with van der Waals surface area (Å²) in [7, 11) is 1.77. The van der Waals surface area contributed by atoms with Gasteiger partial charge in [0.15, 0.2) is 0 Å². The topological polar surface area (TPSA) is 9.23 Å². The minimum atomic E-state index is 0.547. The third-order valence-corrected chi connectivity index (χ3v) is 4.37. The Hall–Kier alpha value is -1.50. The van der Waals surface area contributed by atoms with Crippen LogP contribution >= 0.6 is 0 Å². The standard InChI is InChI=1S/C15H14O/c1-16-14-4-2-3-12-10-7-8-13(15(12)14)11-6-5-9(10)11/h2-11,13H,1H3/t9-,10-,11+,13-/m1/s1. The molecule has 4 aliphatic rings. The summed E-state index contributed by atoms with van der Waals surface area (Å²) < 4.78 is 5.51. The van der Waals surface area contributed by atoms with E-state index in [1.807, 2.05) is 0 Å². The second-order valence-electron chi connectivity index (χ2n) is 4.94. The Labute approximate surface area is 95.4 Å². The molecule has 5 rings (SSSR count). The SMILES string of the molecule is COc1cccc2c1[C@@H]1C=C[C@@H]2[C@H]2C=C[C@@H]21. The fraction of sp³-hybridized carbons (Fsp3) is 0.333. The molecular formula is C15H14O. The zero-order valence-electron chi connectivity index (χ0n) is 9.26. The summed E-state index contributed by atoms with van der Waals surface area (Å²) in [6.07, 6.45) is 9.49. The average molecular weight is 210 g/mol. The molecule has 1 aromatic rings. The van der Waals surface area contributed by atoms with Crippen molar-refractivity contribution >= 4 is 0 Å². The van der Waals surface area contributed by atoms with Gasteiger partial charge in [-0.2, -0.15) is 0 Å². The van der Waals surface area contributed by atoms with Gasteiger partial charge in [0, 0.05) is 17.4 Å². The monoisotopic (exact) mass is 210 g/mol. The van der Waals surface area contributed by atoms with E-state index in [0.29, 0.717) is 11.8 Å². The van der Waals surface area contributed by atoms with E-state index in [1.165, 1.54) is 11.1 Å². The first kappa shape index (κ1) is 8.63. The molecule has 0 N–H and O–H groups in total. The molecule has 1 aromatic carbocycles. The molecule has 1 heteroatoms. The van der Waals surface area contributed by atoms with E-state index in [1.54, 1.807) is 7.11 Å². The lowest BCUT2D eigenvalue weighted by molar-refractivity contribution is 0.305. The number of allylic oxidation sites excluding steroid dienone is 4. The Kier molecular flexibility index (Phi) is 1.50. The van der Waals surface area contributed by atoms with Crippen LogP contribution in [0, 0.1) is 11.8 Å². The van der Waals surface area contributed by atoms with Gasteiger partial charge in [-0.15, -0.1) is 0 Å². The molecule has 0 saturated carbocycles. The molecule has 0 aliphatic heterocycles. The Morgan fingerprint density at radius 1 is 0.938 bits per heavy atom.